The molecular formula is C12H15ClN2O3. The van der Waals surface area contributed by atoms with Crippen molar-refractivity contribution in [2.75, 3.05) is 6.54 Å². The second-order valence-corrected chi connectivity index (χ2v) is 4.30. The van der Waals surface area contributed by atoms with Crippen LogP contribution in [0.15, 0.2) is 18.3 Å². The third kappa shape index (κ3) is 5.14. The second-order valence-electron chi connectivity index (χ2n) is 3.91. The van der Waals surface area contributed by atoms with Crippen LogP contribution in [0.1, 0.15) is 30.6 Å². The second kappa shape index (κ2) is 6.96. The first-order chi connectivity index (χ1) is 8.49. The van der Waals surface area contributed by atoms with Crippen molar-refractivity contribution in [1.82, 2.24) is 10.3 Å². The van der Waals surface area contributed by atoms with Gasteiger partial charge in [0, 0.05) is 18.3 Å². The van der Waals surface area contributed by atoms with E-state index in [9.17, 15) is 9.59 Å². The minimum absolute atomic E-state index is 0.142. The maximum absolute atomic E-state index is 11.7. The summed E-state index contributed by atoms with van der Waals surface area (Å²) in [5.74, 6) is -0.630. The van der Waals surface area contributed by atoms with E-state index < -0.39 is 0 Å². The van der Waals surface area contributed by atoms with E-state index in [4.69, 9.17) is 16.3 Å². The Morgan fingerprint density at radius 1 is 1.50 bits per heavy atom. The number of halogens is 1. The molecule has 1 N–H and O–H groups in total. The van der Waals surface area contributed by atoms with E-state index in [1.807, 2.05) is 0 Å². The van der Waals surface area contributed by atoms with Crippen molar-refractivity contribution >= 4 is 23.5 Å². The largest absolute Gasteiger partial charge is 0.463 e. The minimum Gasteiger partial charge on any atom is -0.463 e. The van der Waals surface area contributed by atoms with Gasteiger partial charge in [-0.1, -0.05) is 11.6 Å². The summed E-state index contributed by atoms with van der Waals surface area (Å²) in [5.41, 5.74) is 0.409. The molecule has 5 nitrogen and oxygen atoms in total. The third-order valence-corrected chi connectivity index (χ3v) is 2.18. The molecule has 98 valence electrons. The number of carbonyl (C=O) groups excluding carboxylic acids is 2. The summed E-state index contributed by atoms with van der Waals surface area (Å²) >= 11 is 5.67. The maximum atomic E-state index is 11.7. The third-order valence-electron chi connectivity index (χ3n) is 1.97. The average Bonchev–Trinajstić information content (AvgIpc) is 2.27. The lowest BCUT2D eigenvalue weighted by Gasteiger charge is -2.08. The summed E-state index contributed by atoms with van der Waals surface area (Å²) in [6.07, 6.45) is 1.44. The van der Waals surface area contributed by atoms with Crippen LogP contribution >= 0.6 is 11.6 Å². The fourth-order valence-corrected chi connectivity index (χ4v) is 1.42. The molecule has 1 aromatic rings. The van der Waals surface area contributed by atoms with Gasteiger partial charge < -0.3 is 10.1 Å². The zero-order valence-electron chi connectivity index (χ0n) is 10.3. The number of aromatic nitrogens is 1. The van der Waals surface area contributed by atoms with Crippen LogP contribution in [0.3, 0.4) is 0 Å². The molecule has 1 aromatic heterocycles. The molecule has 0 aliphatic heterocycles. The van der Waals surface area contributed by atoms with Gasteiger partial charge in [0.05, 0.1) is 12.5 Å². The van der Waals surface area contributed by atoms with Crippen molar-refractivity contribution < 1.29 is 14.3 Å². The lowest BCUT2D eigenvalue weighted by atomic mass is 10.2. The van der Waals surface area contributed by atoms with Crippen LogP contribution in [-0.2, 0) is 9.53 Å². The van der Waals surface area contributed by atoms with Gasteiger partial charge in [-0.05, 0) is 26.0 Å². The number of ether oxygens (including phenoxy) is 1. The number of nitrogens with zero attached hydrogens (tertiary/aromatic N) is 1. The molecule has 0 bridgehead atoms. The normalized spacial score (nSPS) is 10.2. The average molecular weight is 271 g/mol. The summed E-state index contributed by atoms with van der Waals surface area (Å²) in [5, 5.41) is 2.86. The predicted molar refractivity (Wildman–Crippen MR) is 67.4 cm³/mol. The fraction of sp³-hybridized carbons (Fsp3) is 0.417. The molecule has 0 aliphatic rings. The van der Waals surface area contributed by atoms with Gasteiger partial charge in [0.15, 0.2) is 0 Å². The highest BCUT2D eigenvalue weighted by Crippen LogP contribution is 2.06. The van der Waals surface area contributed by atoms with Crippen molar-refractivity contribution in [3.8, 4) is 0 Å². The highest BCUT2D eigenvalue weighted by atomic mass is 35.5. The molecule has 0 radical (unpaired) electrons. The van der Waals surface area contributed by atoms with Crippen LogP contribution in [-0.4, -0.2) is 29.5 Å². The van der Waals surface area contributed by atoms with Crippen LogP contribution in [0.2, 0.25) is 5.15 Å². The van der Waals surface area contributed by atoms with Gasteiger partial charge in [0.1, 0.15) is 5.15 Å². The Hall–Kier alpha value is -1.62. The van der Waals surface area contributed by atoms with Gasteiger partial charge in [-0.3, -0.25) is 9.59 Å². The van der Waals surface area contributed by atoms with E-state index in [-0.39, 0.29) is 36.1 Å². The Balaban J connectivity index is 2.36. The smallest absolute Gasteiger partial charge is 0.307 e. The van der Waals surface area contributed by atoms with Gasteiger partial charge in [-0.15, -0.1) is 0 Å². The molecule has 18 heavy (non-hydrogen) atoms. The molecule has 0 saturated carbocycles. The van der Waals surface area contributed by atoms with E-state index >= 15 is 0 Å². The number of hydrogen-bond donors (Lipinski definition) is 1. The zero-order valence-corrected chi connectivity index (χ0v) is 11.0. The van der Waals surface area contributed by atoms with E-state index in [0.717, 1.165) is 0 Å². The van der Waals surface area contributed by atoms with Gasteiger partial charge in [0.25, 0.3) is 5.91 Å². The number of esters is 1. The molecule has 0 aromatic carbocycles. The van der Waals surface area contributed by atoms with Gasteiger partial charge >= 0.3 is 5.97 Å². The van der Waals surface area contributed by atoms with E-state index in [1.54, 1.807) is 19.9 Å². The quantitative estimate of drug-likeness (QED) is 0.654. The summed E-state index contributed by atoms with van der Waals surface area (Å²) in [6.45, 7) is 3.77. The van der Waals surface area contributed by atoms with Crippen molar-refractivity contribution in [1.29, 1.82) is 0 Å². The Bertz CT molecular complexity index is 435. The molecule has 1 rings (SSSR count). The number of amides is 1. The number of carbonyl (C=O) groups is 2. The first-order valence-electron chi connectivity index (χ1n) is 5.58. The predicted octanol–water partition coefficient (Wildman–Crippen LogP) is 1.81. The summed E-state index contributed by atoms with van der Waals surface area (Å²) in [7, 11) is 0. The fourth-order valence-electron chi connectivity index (χ4n) is 1.25. The monoisotopic (exact) mass is 270 g/mol. The van der Waals surface area contributed by atoms with Crippen LogP contribution < -0.4 is 5.32 Å². The highest BCUT2D eigenvalue weighted by molar-refractivity contribution is 6.29. The number of rotatable bonds is 5. The SMILES string of the molecule is CC(C)OC(=O)CCNC(=O)c1ccnc(Cl)c1. The molecule has 0 aliphatic carbocycles. The van der Waals surface area contributed by atoms with E-state index in [0.29, 0.717) is 5.56 Å². The van der Waals surface area contributed by atoms with E-state index in [2.05, 4.69) is 10.3 Å². The van der Waals surface area contributed by atoms with Crippen LogP contribution in [0.5, 0.6) is 0 Å². The Labute approximate surface area is 110 Å². The molecule has 6 heteroatoms. The minimum atomic E-state index is -0.335. The summed E-state index contributed by atoms with van der Waals surface area (Å²) in [6, 6.07) is 3.01. The molecule has 0 fully saturated rings. The lowest BCUT2D eigenvalue weighted by molar-refractivity contribution is -0.147. The number of hydrogen-bond acceptors (Lipinski definition) is 4. The van der Waals surface area contributed by atoms with Crippen LogP contribution in [0.25, 0.3) is 0 Å². The first-order valence-corrected chi connectivity index (χ1v) is 5.96. The standard InChI is InChI=1S/C12H15ClN2O3/c1-8(2)18-11(16)4-6-15-12(17)9-3-5-14-10(13)7-9/h3,5,7-8H,4,6H2,1-2H3,(H,15,17). The molecule has 0 saturated heterocycles. The van der Waals surface area contributed by atoms with Gasteiger partial charge in [0.2, 0.25) is 0 Å². The van der Waals surface area contributed by atoms with Crippen molar-refractivity contribution in [2.45, 2.75) is 26.4 Å². The number of nitrogens with one attached hydrogen (secondary N) is 1. The highest BCUT2D eigenvalue weighted by Gasteiger charge is 2.08. The van der Waals surface area contributed by atoms with Crippen LogP contribution in [0, 0.1) is 0 Å². The molecule has 0 spiro atoms. The topological polar surface area (TPSA) is 68.3 Å². The molecule has 0 unspecified atom stereocenters. The van der Waals surface area contributed by atoms with Gasteiger partial charge in [-0.2, -0.15) is 0 Å². The Morgan fingerprint density at radius 3 is 2.83 bits per heavy atom. The van der Waals surface area contributed by atoms with Crippen molar-refractivity contribution in [3.05, 3.63) is 29.0 Å². The lowest BCUT2D eigenvalue weighted by Crippen LogP contribution is -2.27. The molecule has 1 heterocycles. The molecule has 0 atom stereocenters. The summed E-state index contributed by atoms with van der Waals surface area (Å²) in [4.78, 5) is 26.6. The van der Waals surface area contributed by atoms with Crippen molar-refractivity contribution in [2.24, 2.45) is 0 Å². The first kappa shape index (κ1) is 14.4. The Kier molecular flexibility index (Phi) is 5.58. The summed E-state index contributed by atoms with van der Waals surface area (Å²) < 4.78 is 4.94. The zero-order chi connectivity index (χ0) is 13.5. The van der Waals surface area contributed by atoms with Crippen LogP contribution in [0.4, 0.5) is 0 Å². The molecule has 1 amide bonds. The Morgan fingerprint density at radius 2 is 2.22 bits per heavy atom. The van der Waals surface area contributed by atoms with E-state index in [1.165, 1.54) is 12.3 Å². The maximum Gasteiger partial charge on any atom is 0.307 e. The van der Waals surface area contributed by atoms with Gasteiger partial charge in [-0.25, -0.2) is 4.98 Å². The van der Waals surface area contributed by atoms with Crippen molar-refractivity contribution in [3.63, 3.8) is 0 Å². The molecular weight excluding hydrogens is 256 g/mol. The number of pyridine rings is 1.